The molecule has 0 aromatic heterocycles. The maximum absolute atomic E-state index is 10.6. The van der Waals surface area contributed by atoms with Gasteiger partial charge in [0.15, 0.2) is 0 Å². The lowest BCUT2D eigenvalue weighted by molar-refractivity contribution is -0.138. The van der Waals surface area contributed by atoms with E-state index in [1.54, 1.807) is 0 Å². The Morgan fingerprint density at radius 2 is 2.24 bits per heavy atom. The average Bonchev–Trinajstić information content (AvgIpc) is 2.27. The van der Waals surface area contributed by atoms with Crippen molar-refractivity contribution < 1.29 is 14.6 Å². The fraction of sp³-hybridized carbons (Fsp3) is 0.462. The van der Waals surface area contributed by atoms with E-state index in [0.717, 1.165) is 11.3 Å². The molecule has 0 fully saturated rings. The van der Waals surface area contributed by atoms with Crippen molar-refractivity contribution in [3.63, 3.8) is 0 Å². The zero-order valence-corrected chi connectivity index (χ0v) is 10.3. The van der Waals surface area contributed by atoms with Crippen LogP contribution in [0.4, 0.5) is 0 Å². The van der Waals surface area contributed by atoms with E-state index < -0.39 is 5.97 Å². The first-order valence-corrected chi connectivity index (χ1v) is 5.75. The first-order valence-electron chi connectivity index (χ1n) is 5.75. The highest BCUT2D eigenvalue weighted by molar-refractivity contribution is 5.69. The second kappa shape index (κ2) is 6.91. The van der Waals surface area contributed by atoms with Gasteiger partial charge in [0, 0.05) is 6.54 Å². The number of likely N-dealkylation sites (N-methyl/N-ethyl adjacent to an activating group) is 1. The van der Waals surface area contributed by atoms with Crippen molar-refractivity contribution in [2.24, 2.45) is 0 Å². The fourth-order valence-electron chi connectivity index (χ4n) is 1.54. The minimum Gasteiger partial charge on any atom is -0.492 e. The molecule has 0 spiro atoms. The van der Waals surface area contributed by atoms with Crippen LogP contribution in [0.3, 0.4) is 0 Å². The number of aliphatic carboxylic acids is 1. The molecule has 0 aliphatic rings. The van der Waals surface area contributed by atoms with Crippen LogP contribution in [0.5, 0.6) is 5.75 Å². The van der Waals surface area contributed by atoms with Gasteiger partial charge >= 0.3 is 5.97 Å². The quantitative estimate of drug-likeness (QED) is 0.785. The van der Waals surface area contributed by atoms with E-state index in [1.165, 1.54) is 0 Å². The van der Waals surface area contributed by atoms with E-state index in [4.69, 9.17) is 9.84 Å². The minimum atomic E-state index is -0.803. The molecule has 0 atom stereocenters. The molecule has 0 unspecified atom stereocenters. The van der Waals surface area contributed by atoms with Gasteiger partial charge in [-0.3, -0.25) is 9.69 Å². The largest absolute Gasteiger partial charge is 0.492 e. The summed E-state index contributed by atoms with van der Waals surface area (Å²) in [5.41, 5.74) is 1.15. The zero-order valence-electron chi connectivity index (χ0n) is 10.3. The monoisotopic (exact) mass is 237 g/mol. The van der Waals surface area contributed by atoms with Crippen LogP contribution in [0, 0.1) is 6.92 Å². The van der Waals surface area contributed by atoms with E-state index >= 15 is 0 Å². The normalized spacial score (nSPS) is 10.5. The minimum absolute atomic E-state index is 0.0632. The molecule has 0 aliphatic heterocycles. The van der Waals surface area contributed by atoms with Crippen LogP contribution in [0.25, 0.3) is 0 Å². The number of ether oxygens (including phenoxy) is 1. The highest BCUT2D eigenvalue weighted by Gasteiger charge is 2.07. The van der Waals surface area contributed by atoms with Gasteiger partial charge in [-0.2, -0.15) is 0 Å². The number of carbonyl (C=O) groups is 1. The lowest BCUT2D eigenvalue weighted by Crippen LogP contribution is -2.33. The highest BCUT2D eigenvalue weighted by Crippen LogP contribution is 2.11. The summed E-state index contributed by atoms with van der Waals surface area (Å²) in [5, 5.41) is 8.69. The van der Waals surface area contributed by atoms with Crippen molar-refractivity contribution in [3.8, 4) is 5.75 Å². The Bertz CT molecular complexity index is 365. The van der Waals surface area contributed by atoms with Crippen LogP contribution in [-0.4, -0.2) is 42.2 Å². The van der Waals surface area contributed by atoms with E-state index in [2.05, 4.69) is 0 Å². The third kappa shape index (κ3) is 5.36. The Labute approximate surface area is 102 Å². The maximum atomic E-state index is 10.6. The van der Waals surface area contributed by atoms with Crippen LogP contribution in [0.2, 0.25) is 0 Å². The third-order valence-electron chi connectivity index (χ3n) is 2.47. The van der Waals surface area contributed by atoms with Crippen molar-refractivity contribution >= 4 is 5.97 Å². The molecular weight excluding hydrogens is 218 g/mol. The van der Waals surface area contributed by atoms with Gasteiger partial charge in [0.25, 0.3) is 0 Å². The zero-order chi connectivity index (χ0) is 12.7. The van der Waals surface area contributed by atoms with Gasteiger partial charge in [-0.05, 0) is 31.2 Å². The number of carboxylic acids is 1. The summed E-state index contributed by atoms with van der Waals surface area (Å²) < 4.78 is 5.57. The van der Waals surface area contributed by atoms with Crippen molar-refractivity contribution in [3.05, 3.63) is 29.8 Å². The Balaban J connectivity index is 2.33. The summed E-state index contributed by atoms with van der Waals surface area (Å²) >= 11 is 0. The maximum Gasteiger partial charge on any atom is 0.317 e. The van der Waals surface area contributed by atoms with Crippen molar-refractivity contribution in [2.75, 3.05) is 26.2 Å². The molecule has 0 saturated heterocycles. The highest BCUT2D eigenvalue weighted by atomic mass is 16.5. The number of hydrogen-bond acceptors (Lipinski definition) is 3. The Morgan fingerprint density at radius 3 is 2.82 bits per heavy atom. The topological polar surface area (TPSA) is 49.8 Å². The van der Waals surface area contributed by atoms with E-state index in [9.17, 15) is 4.79 Å². The average molecular weight is 237 g/mol. The molecule has 94 valence electrons. The number of rotatable bonds is 7. The number of aryl methyl sites for hydroxylation is 1. The van der Waals surface area contributed by atoms with Gasteiger partial charge in [-0.15, -0.1) is 0 Å². The molecule has 0 aliphatic carbocycles. The van der Waals surface area contributed by atoms with Crippen LogP contribution in [-0.2, 0) is 4.79 Å². The van der Waals surface area contributed by atoms with Crippen LogP contribution in [0.1, 0.15) is 12.5 Å². The smallest absolute Gasteiger partial charge is 0.317 e. The third-order valence-corrected chi connectivity index (χ3v) is 2.47. The summed E-state index contributed by atoms with van der Waals surface area (Å²) in [6, 6.07) is 7.82. The molecule has 0 heterocycles. The molecule has 17 heavy (non-hydrogen) atoms. The molecule has 4 heteroatoms. The molecule has 1 aromatic carbocycles. The summed E-state index contributed by atoms with van der Waals surface area (Å²) in [6.07, 6.45) is 0. The van der Waals surface area contributed by atoms with Crippen LogP contribution < -0.4 is 4.74 Å². The van der Waals surface area contributed by atoms with Gasteiger partial charge in [-0.1, -0.05) is 19.1 Å². The molecule has 1 aromatic rings. The number of benzene rings is 1. The van der Waals surface area contributed by atoms with Gasteiger partial charge in [0.1, 0.15) is 12.4 Å². The van der Waals surface area contributed by atoms with E-state index in [0.29, 0.717) is 19.7 Å². The molecule has 0 amide bonds. The van der Waals surface area contributed by atoms with Crippen molar-refractivity contribution in [1.29, 1.82) is 0 Å². The van der Waals surface area contributed by atoms with Gasteiger partial charge in [0.05, 0.1) is 6.54 Å². The number of carboxylic acid groups (broad SMARTS) is 1. The fourth-order valence-corrected chi connectivity index (χ4v) is 1.54. The van der Waals surface area contributed by atoms with Crippen LogP contribution >= 0.6 is 0 Å². The molecule has 4 nitrogen and oxygen atoms in total. The summed E-state index contributed by atoms with van der Waals surface area (Å²) in [7, 11) is 0. The second-order valence-corrected chi connectivity index (χ2v) is 3.93. The molecular formula is C13H19NO3. The second-order valence-electron chi connectivity index (χ2n) is 3.93. The Morgan fingerprint density at radius 1 is 1.47 bits per heavy atom. The number of nitrogens with zero attached hydrogens (tertiary/aromatic N) is 1. The Hall–Kier alpha value is -1.55. The lowest BCUT2D eigenvalue weighted by Gasteiger charge is -2.18. The summed E-state index contributed by atoms with van der Waals surface area (Å²) in [4.78, 5) is 12.4. The lowest BCUT2D eigenvalue weighted by atomic mass is 10.2. The van der Waals surface area contributed by atoms with Crippen molar-refractivity contribution in [2.45, 2.75) is 13.8 Å². The molecule has 0 radical (unpaired) electrons. The molecule has 1 N–H and O–H groups in total. The predicted molar refractivity (Wildman–Crippen MR) is 66.4 cm³/mol. The number of hydrogen-bond donors (Lipinski definition) is 1. The van der Waals surface area contributed by atoms with Gasteiger partial charge in [-0.25, -0.2) is 0 Å². The molecule has 0 saturated carbocycles. The first kappa shape index (κ1) is 13.5. The van der Waals surface area contributed by atoms with Gasteiger partial charge < -0.3 is 9.84 Å². The first-order chi connectivity index (χ1) is 8.11. The van der Waals surface area contributed by atoms with E-state index in [1.807, 2.05) is 43.0 Å². The molecule has 1 rings (SSSR count). The SMILES string of the molecule is CCN(CCOc1cccc(C)c1)CC(=O)O. The molecule has 0 bridgehead atoms. The van der Waals surface area contributed by atoms with E-state index in [-0.39, 0.29) is 6.54 Å². The summed E-state index contributed by atoms with van der Waals surface area (Å²) in [6.45, 7) is 5.85. The Kier molecular flexibility index (Phi) is 5.49. The van der Waals surface area contributed by atoms with Crippen LogP contribution in [0.15, 0.2) is 24.3 Å². The van der Waals surface area contributed by atoms with Crippen molar-refractivity contribution in [1.82, 2.24) is 4.90 Å². The van der Waals surface area contributed by atoms with Gasteiger partial charge in [0.2, 0.25) is 0 Å². The summed E-state index contributed by atoms with van der Waals surface area (Å²) in [5.74, 6) is 0.0267. The standard InChI is InChI=1S/C13H19NO3/c1-3-14(10-13(15)16)7-8-17-12-6-4-5-11(2)9-12/h4-6,9H,3,7-8,10H2,1-2H3,(H,15,16). The predicted octanol–water partition coefficient (Wildman–Crippen LogP) is 1.78.